The quantitative estimate of drug-likeness (QED) is 0.405. The fourth-order valence-electron chi connectivity index (χ4n) is 10.9. The summed E-state index contributed by atoms with van der Waals surface area (Å²) in [6, 6.07) is 0. The maximum Gasteiger partial charge on any atom is 0.312 e. The van der Waals surface area contributed by atoms with Gasteiger partial charge in [-0.05, 0) is 104 Å². The van der Waals surface area contributed by atoms with E-state index in [2.05, 4.69) is 47.6 Å². The second-order valence-electron chi connectivity index (χ2n) is 14.6. The van der Waals surface area contributed by atoms with Crippen molar-refractivity contribution < 1.29 is 20.1 Å². The van der Waals surface area contributed by atoms with Gasteiger partial charge in [-0.2, -0.15) is 0 Å². The Kier molecular flexibility index (Phi) is 5.36. The van der Waals surface area contributed by atoms with E-state index in [1.165, 1.54) is 24.8 Å². The molecule has 0 radical (unpaired) electrons. The number of carbonyl (C=O) groups is 1. The molecule has 4 saturated carbocycles. The van der Waals surface area contributed by atoms with Crippen molar-refractivity contribution in [2.24, 2.45) is 56.7 Å². The average Bonchev–Trinajstić information content (AvgIpc) is 2.75. The van der Waals surface area contributed by atoms with Crippen molar-refractivity contribution in [3.63, 3.8) is 0 Å². The van der Waals surface area contributed by atoms with E-state index in [1.807, 2.05) is 0 Å². The van der Waals surface area contributed by atoms with Crippen molar-refractivity contribution in [2.45, 2.75) is 112 Å². The van der Waals surface area contributed by atoms with Crippen LogP contribution in [0.15, 0.2) is 11.6 Å². The standard InChI is InChI=1S/C30H48O4/c1-17-8-11-26(3)14-15-28(5)19(23(26)18(17)2)16-20(31)24-27(4)12-10-22(32)30(7,25(33)34)21(27)9-13-29(24,28)6/h16-18,20-24,31-32H,8-15H2,1-7H3,(H,33,34)/t17-,18+,20?,21+,22+,23-,24+,26+,27-,28+,29+,30+/m0/s1. The lowest BCUT2D eigenvalue weighted by Gasteiger charge is -2.72. The Morgan fingerprint density at radius 3 is 2.24 bits per heavy atom. The van der Waals surface area contributed by atoms with E-state index in [-0.39, 0.29) is 28.1 Å². The van der Waals surface area contributed by atoms with Gasteiger partial charge < -0.3 is 15.3 Å². The third kappa shape index (κ3) is 2.76. The number of hydrogen-bond donors (Lipinski definition) is 3. The first kappa shape index (κ1) is 24.8. The van der Waals surface area contributed by atoms with E-state index in [0.29, 0.717) is 29.6 Å². The molecule has 4 fully saturated rings. The SMILES string of the molecule is C[C@H]1[C@H]2C3=CC(O)[C@@H]4[C@@]5(C)CC[C@@H](O)[C@](C)(C(=O)O)[C@@H]5CC[C@@]4(C)[C@]3(C)CC[C@@]2(C)CC[C@@H]1C. The van der Waals surface area contributed by atoms with E-state index in [1.54, 1.807) is 6.92 Å². The molecule has 0 spiro atoms. The number of aliphatic carboxylic acids is 1. The smallest absolute Gasteiger partial charge is 0.312 e. The van der Waals surface area contributed by atoms with Gasteiger partial charge in [-0.3, -0.25) is 4.79 Å². The van der Waals surface area contributed by atoms with Crippen molar-refractivity contribution in [3.8, 4) is 0 Å². The molecule has 192 valence electrons. The van der Waals surface area contributed by atoms with E-state index in [9.17, 15) is 20.1 Å². The summed E-state index contributed by atoms with van der Waals surface area (Å²) in [7, 11) is 0. The molecule has 0 aromatic heterocycles. The minimum Gasteiger partial charge on any atom is -0.481 e. The van der Waals surface area contributed by atoms with Crippen LogP contribution in [0.4, 0.5) is 0 Å². The van der Waals surface area contributed by atoms with Crippen molar-refractivity contribution in [3.05, 3.63) is 11.6 Å². The van der Waals surface area contributed by atoms with Crippen LogP contribution in [0.2, 0.25) is 0 Å². The number of allylic oxidation sites excluding steroid dienone is 1. The molecular weight excluding hydrogens is 424 g/mol. The van der Waals surface area contributed by atoms with Gasteiger partial charge in [0.2, 0.25) is 0 Å². The Hall–Kier alpha value is -0.870. The maximum atomic E-state index is 12.5. The summed E-state index contributed by atoms with van der Waals surface area (Å²) in [5.74, 6) is 0.836. The first-order valence-corrected chi connectivity index (χ1v) is 14.0. The van der Waals surface area contributed by atoms with Crippen LogP contribution in [0.5, 0.6) is 0 Å². The first-order chi connectivity index (χ1) is 15.7. The van der Waals surface area contributed by atoms with E-state index >= 15 is 0 Å². The highest BCUT2D eigenvalue weighted by molar-refractivity contribution is 5.76. The minimum absolute atomic E-state index is 0.0133. The highest BCUT2D eigenvalue weighted by Crippen LogP contribution is 2.75. The summed E-state index contributed by atoms with van der Waals surface area (Å²) in [6.45, 7) is 16.3. The molecule has 0 aliphatic heterocycles. The fourth-order valence-corrected chi connectivity index (χ4v) is 10.9. The summed E-state index contributed by atoms with van der Waals surface area (Å²) >= 11 is 0. The van der Waals surface area contributed by atoms with Crippen molar-refractivity contribution in [2.75, 3.05) is 0 Å². The summed E-state index contributed by atoms with van der Waals surface area (Å²) in [5.41, 5.74) is 0.317. The second-order valence-corrected chi connectivity index (χ2v) is 14.6. The van der Waals surface area contributed by atoms with E-state index in [4.69, 9.17) is 0 Å². The predicted molar refractivity (Wildman–Crippen MR) is 134 cm³/mol. The Bertz CT molecular complexity index is 911. The number of fused-ring (bicyclic) bond motifs is 7. The molecule has 0 saturated heterocycles. The number of aliphatic hydroxyl groups excluding tert-OH is 2. The first-order valence-electron chi connectivity index (χ1n) is 14.0. The molecule has 0 amide bonds. The highest BCUT2D eigenvalue weighted by atomic mass is 16.4. The largest absolute Gasteiger partial charge is 0.481 e. The normalized spacial score (nSPS) is 59.1. The topological polar surface area (TPSA) is 77.8 Å². The summed E-state index contributed by atoms with van der Waals surface area (Å²) < 4.78 is 0. The van der Waals surface area contributed by atoms with Gasteiger partial charge >= 0.3 is 5.97 Å². The Morgan fingerprint density at radius 2 is 1.59 bits per heavy atom. The van der Waals surface area contributed by atoms with Gasteiger partial charge in [-0.15, -0.1) is 0 Å². The van der Waals surface area contributed by atoms with Crippen LogP contribution in [0.25, 0.3) is 0 Å². The molecule has 1 unspecified atom stereocenters. The minimum atomic E-state index is -1.16. The van der Waals surface area contributed by atoms with Crippen LogP contribution in [0.1, 0.15) is 99.8 Å². The molecule has 4 nitrogen and oxygen atoms in total. The molecule has 5 aliphatic rings. The monoisotopic (exact) mass is 472 g/mol. The van der Waals surface area contributed by atoms with Gasteiger partial charge in [0, 0.05) is 5.92 Å². The second kappa shape index (κ2) is 7.34. The molecule has 5 aliphatic carbocycles. The molecule has 0 heterocycles. The van der Waals surface area contributed by atoms with Gasteiger partial charge in [-0.25, -0.2) is 0 Å². The molecular formula is C30H48O4. The predicted octanol–water partition coefficient (Wildman–Crippen LogP) is 6.06. The maximum absolute atomic E-state index is 12.5. The van der Waals surface area contributed by atoms with Crippen molar-refractivity contribution >= 4 is 5.97 Å². The van der Waals surface area contributed by atoms with Gasteiger partial charge in [0.15, 0.2) is 0 Å². The molecule has 0 aromatic rings. The Labute approximate surface area is 206 Å². The molecule has 0 bridgehead atoms. The Morgan fingerprint density at radius 1 is 0.912 bits per heavy atom. The molecule has 34 heavy (non-hydrogen) atoms. The molecule has 5 rings (SSSR count). The van der Waals surface area contributed by atoms with Gasteiger partial charge in [-0.1, -0.05) is 53.2 Å². The summed E-state index contributed by atoms with van der Waals surface area (Å²) in [4.78, 5) is 12.5. The fraction of sp³-hybridized carbons (Fsp3) is 0.900. The van der Waals surface area contributed by atoms with Crippen LogP contribution >= 0.6 is 0 Å². The lowest BCUT2D eigenvalue weighted by molar-refractivity contribution is -0.233. The van der Waals surface area contributed by atoms with E-state index < -0.39 is 23.6 Å². The van der Waals surface area contributed by atoms with Crippen LogP contribution in [-0.2, 0) is 4.79 Å². The third-order valence-electron chi connectivity index (χ3n) is 13.4. The lowest BCUT2D eigenvalue weighted by atomic mass is 9.33. The van der Waals surface area contributed by atoms with E-state index in [0.717, 1.165) is 25.7 Å². The van der Waals surface area contributed by atoms with Crippen LogP contribution < -0.4 is 0 Å². The Balaban J connectivity index is 1.64. The number of aliphatic hydroxyl groups is 2. The average molecular weight is 473 g/mol. The number of hydrogen-bond acceptors (Lipinski definition) is 3. The van der Waals surface area contributed by atoms with Crippen LogP contribution in [0.3, 0.4) is 0 Å². The lowest BCUT2D eigenvalue weighted by Crippen LogP contribution is -2.68. The van der Waals surface area contributed by atoms with Crippen LogP contribution in [-0.4, -0.2) is 33.5 Å². The highest BCUT2D eigenvalue weighted by Gasteiger charge is 2.71. The molecule has 0 aromatic carbocycles. The van der Waals surface area contributed by atoms with Crippen molar-refractivity contribution in [1.29, 1.82) is 0 Å². The number of carboxylic acids is 1. The van der Waals surface area contributed by atoms with Gasteiger partial charge in [0.05, 0.1) is 17.6 Å². The van der Waals surface area contributed by atoms with Crippen molar-refractivity contribution in [1.82, 2.24) is 0 Å². The number of carboxylic acid groups (broad SMARTS) is 1. The molecule has 12 atom stereocenters. The third-order valence-corrected chi connectivity index (χ3v) is 13.4. The number of rotatable bonds is 1. The summed E-state index contributed by atoms with van der Waals surface area (Å²) in [5, 5.41) is 33.1. The summed E-state index contributed by atoms with van der Waals surface area (Å²) in [6.07, 6.45) is 8.88. The zero-order valence-electron chi connectivity index (χ0n) is 22.5. The zero-order valence-corrected chi connectivity index (χ0v) is 22.5. The van der Waals surface area contributed by atoms with Gasteiger partial charge in [0.25, 0.3) is 0 Å². The molecule has 3 N–H and O–H groups in total. The van der Waals surface area contributed by atoms with Crippen LogP contribution in [0, 0.1) is 56.7 Å². The van der Waals surface area contributed by atoms with Gasteiger partial charge in [0.1, 0.15) is 0 Å². The zero-order chi connectivity index (χ0) is 25.1. The molecule has 4 heteroatoms.